The van der Waals surface area contributed by atoms with E-state index in [0.717, 1.165) is 44.3 Å². The van der Waals surface area contributed by atoms with Gasteiger partial charge < -0.3 is 20.5 Å². The van der Waals surface area contributed by atoms with Gasteiger partial charge in [-0.25, -0.2) is 4.79 Å². The van der Waals surface area contributed by atoms with E-state index in [1.807, 2.05) is 24.3 Å². The van der Waals surface area contributed by atoms with Crippen molar-refractivity contribution < 1.29 is 19.4 Å². The molecule has 0 saturated heterocycles. The number of carbonyl (C=O) groups excluding carboxylic acids is 1. The van der Waals surface area contributed by atoms with E-state index in [1.54, 1.807) is 0 Å². The molecular weight excluding hydrogens is 320 g/mol. The van der Waals surface area contributed by atoms with Gasteiger partial charge in [0.25, 0.3) is 5.91 Å². The number of carboxylic acid groups (broad SMARTS) is 1. The summed E-state index contributed by atoms with van der Waals surface area (Å²) >= 11 is 0. The number of nitrogens with one attached hydrogen (secondary N) is 2. The Morgan fingerprint density at radius 3 is 2.48 bits per heavy atom. The second-order valence-corrected chi connectivity index (χ2v) is 6.47. The first-order valence-corrected chi connectivity index (χ1v) is 9.09. The van der Waals surface area contributed by atoms with E-state index in [4.69, 9.17) is 9.84 Å². The Morgan fingerprint density at radius 2 is 1.80 bits per heavy atom. The Bertz CT molecular complexity index is 539. The number of rotatable bonds is 11. The van der Waals surface area contributed by atoms with E-state index < -0.39 is 5.97 Å². The minimum absolute atomic E-state index is 0.0137. The molecular formula is C19H28N2O4. The average molecular weight is 348 g/mol. The van der Waals surface area contributed by atoms with Crippen LogP contribution in [0, 0.1) is 0 Å². The quantitative estimate of drug-likeness (QED) is 0.535. The summed E-state index contributed by atoms with van der Waals surface area (Å²) in [5, 5.41) is 14.9. The zero-order chi connectivity index (χ0) is 17.9. The molecule has 0 heterocycles. The van der Waals surface area contributed by atoms with Gasteiger partial charge in [0.2, 0.25) is 0 Å². The van der Waals surface area contributed by atoms with Crippen molar-refractivity contribution in [1.82, 2.24) is 5.32 Å². The molecule has 0 unspecified atom stereocenters. The molecule has 6 nitrogen and oxygen atoms in total. The summed E-state index contributed by atoms with van der Waals surface area (Å²) in [5.41, 5.74) is 1.70. The smallest absolute Gasteiger partial charge is 0.329 e. The van der Waals surface area contributed by atoms with Crippen LogP contribution in [0.1, 0.15) is 55.3 Å². The lowest BCUT2D eigenvalue weighted by molar-refractivity contribution is -0.142. The molecule has 0 radical (unpaired) electrons. The fourth-order valence-electron chi connectivity index (χ4n) is 2.98. The van der Waals surface area contributed by atoms with E-state index in [9.17, 15) is 9.59 Å². The van der Waals surface area contributed by atoms with E-state index in [1.165, 1.54) is 12.8 Å². The van der Waals surface area contributed by atoms with Crippen molar-refractivity contribution in [2.24, 2.45) is 0 Å². The fraction of sp³-hybridized carbons (Fsp3) is 0.579. The molecule has 1 aliphatic rings. The number of amides is 1. The Kier molecular flexibility index (Phi) is 8.25. The molecule has 0 spiro atoms. The van der Waals surface area contributed by atoms with Gasteiger partial charge in [0.05, 0.1) is 0 Å². The number of carbonyl (C=O) groups is 2. The highest BCUT2D eigenvalue weighted by Gasteiger charge is 2.17. The van der Waals surface area contributed by atoms with Crippen LogP contribution in [0.25, 0.3) is 0 Å². The largest absolute Gasteiger partial charge is 0.480 e. The summed E-state index contributed by atoms with van der Waals surface area (Å²) < 4.78 is 4.99. The van der Waals surface area contributed by atoms with Gasteiger partial charge in [0, 0.05) is 30.4 Å². The number of benzene rings is 1. The van der Waals surface area contributed by atoms with Crippen LogP contribution < -0.4 is 10.6 Å². The number of aliphatic carboxylic acids is 1. The molecule has 2 rings (SSSR count). The zero-order valence-electron chi connectivity index (χ0n) is 14.6. The van der Waals surface area contributed by atoms with Crippen molar-refractivity contribution >= 4 is 17.6 Å². The van der Waals surface area contributed by atoms with Gasteiger partial charge in [-0.3, -0.25) is 4.79 Å². The molecule has 0 bridgehead atoms. The first-order valence-electron chi connectivity index (χ1n) is 9.09. The lowest BCUT2D eigenvalue weighted by Gasteiger charge is -2.12. The summed E-state index contributed by atoms with van der Waals surface area (Å²) in [5.74, 6) is -0.915. The van der Waals surface area contributed by atoms with Crippen molar-refractivity contribution in [2.45, 2.75) is 51.0 Å². The topological polar surface area (TPSA) is 87.7 Å². The third-order valence-electron chi connectivity index (χ3n) is 4.36. The number of carboxylic acids is 1. The Hall–Kier alpha value is -2.08. The van der Waals surface area contributed by atoms with Crippen LogP contribution >= 0.6 is 0 Å². The van der Waals surface area contributed by atoms with Crippen molar-refractivity contribution in [3.63, 3.8) is 0 Å². The third-order valence-corrected chi connectivity index (χ3v) is 4.36. The van der Waals surface area contributed by atoms with Crippen molar-refractivity contribution in [2.75, 3.05) is 25.1 Å². The number of anilines is 1. The van der Waals surface area contributed by atoms with Gasteiger partial charge in [-0.1, -0.05) is 12.8 Å². The summed E-state index contributed by atoms with van der Waals surface area (Å²) in [6, 6.07) is 7.91. The molecule has 0 aromatic heterocycles. The summed E-state index contributed by atoms with van der Waals surface area (Å²) in [6.07, 6.45) is 7.42. The predicted octanol–water partition coefficient (Wildman–Crippen LogP) is 3.04. The number of hydrogen-bond donors (Lipinski definition) is 3. The molecule has 1 fully saturated rings. The molecule has 1 amide bonds. The van der Waals surface area contributed by atoms with Crippen LogP contribution in [-0.2, 0) is 9.53 Å². The highest BCUT2D eigenvalue weighted by molar-refractivity contribution is 5.94. The maximum atomic E-state index is 12.2. The summed E-state index contributed by atoms with van der Waals surface area (Å²) in [7, 11) is 0. The van der Waals surface area contributed by atoms with Crippen LogP contribution in [0.15, 0.2) is 24.3 Å². The van der Waals surface area contributed by atoms with E-state index in [-0.39, 0.29) is 12.5 Å². The zero-order valence-corrected chi connectivity index (χ0v) is 14.6. The minimum Gasteiger partial charge on any atom is -0.480 e. The normalized spacial score (nSPS) is 14.4. The third kappa shape index (κ3) is 7.56. The molecule has 3 N–H and O–H groups in total. The second-order valence-electron chi connectivity index (χ2n) is 6.47. The van der Waals surface area contributed by atoms with Gasteiger partial charge in [-0.2, -0.15) is 0 Å². The van der Waals surface area contributed by atoms with Crippen molar-refractivity contribution in [3.8, 4) is 0 Å². The molecule has 0 atom stereocenters. The standard InChI is InChI=1S/C19H28N2O4/c22-18(23)14-25-13-5-1-4-12-20-16-10-8-15(9-11-16)19(24)21-17-6-2-3-7-17/h8-11,17,20H,1-7,12-14H2,(H,21,24)(H,22,23). The molecule has 25 heavy (non-hydrogen) atoms. The summed E-state index contributed by atoms with van der Waals surface area (Å²) in [4.78, 5) is 22.4. The van der Waals surface area contributed by atoms with Crippen molar-refractivity contribution in [1.29, 1.82) is 0 Å². The number of hydrogen-bond acceptors (Lipinski definition) is 4. The minimum atomic E-state index is -0.929. The average Bonchev–Trinajstić information content (AvgIpc) is 3.10. The lowest BCUT2D eigenvalue weighted by atomic mass is 10.1. The first-order chi connectivity index (χ1) is 12.1. The van der Waals surface area contributed by atoms with Gasteiger partial charge in [0.1, 0.15) is 6.61 Å². The van der Waals surface area contributed by atoms with Crippen LogP contribution in [0.5, 0.6) is 0 Å². The number of ether oxygens (including phenoxy) is 1. The SMILES string of the molecule is O=C(O)COCCCCCNc1ccc(C(=O)NC2CCCC2)cc1. The predicted molar refractivity (Wildman–Crippen MR) is 97.0 cm³/mol. The van der Waals surface area contributed by atoms with Crippen LogP contribution in [-0.4, -0.2) is 42.8 Å². The molecule has 1 aromatic rings. The van der Waals surface area contributed by atoms with Crippen LogP contribution in [0.2, 0.25) is 0 Å². The fourth-order valence-corrected chi connectivity index (χ4v) is 2.98. The van der Waals surface area contributed by atoms with E-state index in [2.05, 4.69) is 10.6 Å². The van der Waals surface area contributed by atoms with Gasteiger partial charge >= 0.3 is 5.97 Å². The molecule has 0 aliphatic heterocycles. The maximum absolute atomic E-state index is 12.2. The summed E-state index contributed by atoms with van der Waals surface area (Å²) in [6.45, 7) is 1.10. The van der Waals surface area contributed by atoms with Crippen LogP contribution in [0.3, 0.4) is 0 Å². The van der Waals surface area contributed by atoms with Gasteiger partial charge in [0.15, 0.2) is 0 Å². The molecule has 1 aromatic carbocycles. The highest BCUT2D eigenvalue weighted by Crippen LogP contribution is 2.18. The first kappa shape index (κ1) is 19.2. The van der Waals surface area contributed by atoms with E-state index in [0.29, 0.717) is 18.2 Å². The molecule has 1 aliphatic carbocycles. The van der Waals surface area contributed by atoms with E-state index >= 15 is 0 Å². The Balaban J connectivity index is 1.58. The van der Waals surface area contributed by atoms with Gasteiger partial charge in [-0.05, 0) is 56.4 Å². The molecule has 6 heteroatoms. The highest BCUT2D eigenvalue weighted by atomic mass is 16.5. The van der Waals surface area contributed by atoms with Crippen molar-refractivity contribution in [3.05, 3.63) is 29.8 Å². The lowest BCUT2D eigenvalue weighted by Crippen LogP contribution is -2.32. The monoisotopic (exact) mass is 348 g/mol. The second kappa shape index (κ2) is 10.7. The Labute approximate surface area is 149 Å². The number of unbranched alkanes of at least 4 members (excludes halogenated alkanes) is 2. The van der Waals surface area contributed by atoms with Gasteiger partial charge in [-0.15, -0.1) is 0 Å². The maximum Gasteiger partial charge on any atom is 0.329 e. The Morgan fingerprint density at radius 1 is 1.08 bits per heavy atom. The molecule has 1 saturated carbocycles. The van der Waals surface area contributed by atoms with Crippen LogP contribution in [0.4, 0.5) is 5.69 Å². The molecule has 138 valence electrons.